The number of hydrogen-bond acceptors (Lipinski definition) is 5. The number of nitrogens with zero attached hydrogens (tertiary/aromatic N) is 1. The summed E-state index contributed by atoms with van der Waals surface area (Å²) in [6, 6.07) is 3.34. The first-order valence-electron chi connectivity index (χ1n) is 5.35. The molecule has 0 radical (unpaired) electrons. The molecule has 7 heteroatoms. The second kappa shape index (κ2) is 4.49. The van der Waals surface area contributed by atoms with Gasteiger partial charge in [-0.25, -0.2) is 8.42 Å². The van der Waals surface area contributed by atoms with Crippen LogP contribution in [0.2, 0.25) is 0 Å². The molecule has 0 fully saturated rings. The molecule has 0 unspecified atom stereocenters. The summed E-state index contributed by atoms with van der Waals surface area (Å²) < 4.78 is 30.2. The smallest absolute Gasteiger partial charge is 0.229 e. The van der Waals surface area contributed by atoms with Crippen LogP contribution in [0, 0.1) is 0 Å². The topological polar surface area (TPSA) is 88.0 Å². The van der Waals surface area contributed by atoms with Crippen molar-refractivity contribution in [2.45, 2.75) is 12.8 Å². The van der Waals surface area contributed by atoms with Crippen molar-refractivity contribution < 1.29 is 18.4 Å². The van der Waals surface area contributed by atoms with Gasteiger partial charge >= 0.3 is 0 Å². The zero-order valence-electron chi connectivity index (χ0n) is 10.1. The van der Waals surface area contributed by atoms with Gasteiger partial charge in [0.2, 0.25) is 10.0 Å². The van der Waals surface area contributed by atoms with Gasteiger partial charge in [-0.3, -0.25) is 4.72 Å². The molecule has 0 bridgehead atoms. The predicted octanol–water partition coefficient (Wildman–Crippen LogP) is 1.19. The molecule has 0 saturated carbocycles. The Morgan fingerprint density at radius 3 is 2.67 bits per heavy atom. The Bertz CT molecular complexity index is 608. The third kappa shape index (κ3) is 2.26. The summed E-state index contributed by atoms with van der Waals surface area (Å²) in [7, 11) is -1.87. The number of ether oxygens (including phenoxy) is 1. The Labute approximate surface area is 105 Å². The lowest BCUT2D eigenvalue weighted by atomic mass is 10.1. The van der Waals surface area contributed by atoms with E-state index in [4.69, 9.17) is 9.94 Å². The molecule has 1 aromatic rings. The molecule has 0 aliphatic heterocycles. The van der Waals surface area contributed by atoms with Crippen LogP contribution in [-0.2, 0) is 16.4 Å². The van der Waals surface area contributed by atoms with Gasteiger partial charge in [-0.15, -0.1) is 0 Å². The summed E-state index contributed by atoms with van der Waals surface area (Å²) in [5.74, 6) is 0.483. The summed E-state index contributed by atoms with van der Waals surface area (Å²) in [6.07, 6.45) is 2.36. The number of benzene rings is 1. The Morgan fingerprint density at radius 1 is 1.39 bits per heavy atom. The molecule has 98 valence electrons. The van der Waals surface area contributed by atoms with Crippen molar-refractivity contribution in [3.63, 3.8) is 0 Å². The highest BCUT2D eigenvalue weighted by Gasteiger charge is 2.24. The van der Waals surface area contributed by atoms with E-state index < -0.39 is 10.0 Å². The van der Waals surface area contributed by atoms with E-state index in [0.717, 1.165) is 17.4 Å². The van der Waals surface area contributed by atoms with Gasteiger partial charge in [-0.05, 0) is 18.9 Å². The first kappa shape index (κ1) is 12.7. The van der Waals surface area contributed by atoms with Crippen LogP contribution in [0.15, 0.2) is 17.3 Å². The van der Waals surface area contributed by atoms with Crippen LogP contribution in [0.3, 0.4) is 0 Å². The Kier molecular flexibility index (Phi) is 3.16. The minimum absolute atomic E-state index is 0.401. The van der Waals surface area contributed by atoms with E-state index in [1.165, 1.54) is 7.11 Å². The van der Waals surface area contributed by atoms with Gasteiger partial charge < -0.3 is 9.94 Å². The lowest BCUT2D eigenvalue weighted by Gasteiger charge is -2.13. The highest BCUT2D eigenvalue weighted by atomic mass is 32.2. The minimum Gasteiger partial charge on any atom is -0.494 e. The zero-order valence-corrected chi connectivity index (χ0v) is 10.9. The van der Waals surface area contributed by atoms with Crippen LogP contribution in [0.25, 0.3) is 0 Å². The molecule has 1 aliphatic rings. The second-order valence-electron chi connectivity index (χ2n) is 4.09. The first-order chi connectivity index (χ1) is 8.46. The van der Waals surface area contributed by atoms with E-state index in [9.17, 15) is 8.42 Å². The summed E-state index contributed by atoms with van der Waals surface area (Å²) in [4.78, 5) is 0. The van der Waals surface area contributed by atoms with Gasteiger partial charge in [-0.1, -0.05) is 11.2 Å². The van der Waals surface area contributed by atoms with Crippen LogP contribution in [0.1, 0.15) is 17.5 Å². The van der Waals surface area contributed by atoms with E-state index in [2.05, 4.69) is 9.88 Å². The molecule has 0 aromatic heterocycles. The number of anilines is 1. The highest BCUT2D eigenvalue weighted by molar-refractivity contribution is 7.92. The van der Waals surface area contributed by atoms with E-state index in [-0.39, 0.29) is 0 Å². The molecular weight excluding hydrogens is 256 g/mol. The largest absolute Gasteiger partial charge is 0.494 e. The maximum atomic E-state index is 11.3. The fourth-order valence-electron chi connectivity index (χ4n) is 2.14. The molecule has 2 N–H and O–H groups in total. The summed E-state index contributed by atoms with van der Waals surface area (Å²) in [5, 5.41) is 12.1. The average molecular weight is 270 g/mol. The Morgan fingerprint density at radius 2 is 2.11 bits per heavy atom. The summed E-state index contributed by atoms with van der Waals surface area (Å²) in [6.45, 7) is 0. The fraction of sp³-hybridized carbons (Fsp3) is 0.364. The van der Waals surface area contributed by atoms with Crippen LogP contribution < -0.4 is 9.46 Å². The van der Waals surface area contributed by atoms with E-state index in [1.807, 2.05) is 0 Å². The molecule has 1 aliphatic carbocycles. The molecule has 6 nitrogen and oxygen atoms in total. The maximum absolute atomic E-state index is 11.3. The number of oxime groups is 1. The van der Waals surface area contributed by atoms with Gasteiger partial charge in [0, 0.05) is 11.1 Å². The minimum atomic E-state index is -3.36. The van der Waals surface area contributed by atoms with Gasteiger partial charge in [0.15, 0.2) is 0 Å². The second-order valence-corrected chi connectivity index (χ2v) is 5.84. The van der Waals surface area contributed by atoms with E-state index >= 15 is 0 Å². The van der Waals surface area contributed by atoms with Gasteiger partial charge in [0.25, 0.3) is 0 Å². The normalized spacial score (nSPS) is 16.7. The number of fused-ring (bicyclic) bond motifs is 1. The maximum Gasteiger partial charge on any atom is 0.229 e. The summed E-state index contributed by atoms with van der Waals surface area (Å²) >= 11 is 0. The molecule has 0 atom stereocenters. The fourth-order valence-corrected chi connectivity index (χ4v) is 2.70. The standard InChI is InChI=1S/C11H14N2O4S/c1-17-11-8-4-5-9(12-14)7(8)3-6-10(11)13-18(2,15)16/h3,6,13-14H,4-5H2,1-2H3. The van der Waals surface area contributed by atoms with Gasteiger partial charge in [0.1, 0.15) is 5.75 Å². The Balaban J connectivity index is 2.54. The molecular formula is C11H14N2O4S. The van der Waals surface area contributed by atoms with Crippen LogP contribution in [-0.4, -0.2) is 32.7 Å². The number of rotatable bonds is 3. The van der Waals surface area contributed by atoms with Crippen LogP contribution in [0.4, 0.5) is 5.69 Å². The Hall–Kier alpha value is -1.76. The quantitative estimate of drug-likeness (QED) is 0.638. The lowest BCUT2D eigenvalue weighted by Crippen LogP contribution is -2.11. The van der Waals surface area contributed by atoms with Crippen molar-refractivity contribution in [2.75, 3.05) is 18.1 Å². The molecule has 1 aromatic carbocycles. The van der Waals surface area contributed by atoms with Crippen molar-refractivity contribution in [3.05, 3.63) is 23.3 Å². The van der Waals surface area contributed by atoms with Crippen molar-refractivity contribution in [2.24, 2.45) is 5.16 Å². The molecule has 0 heterocycles. The number of sulfonamides is 1. The molecule has 0 spiro atoms. The number of nitrogens with one attached hydrogen (secondary N) is 1. The van der Waals surface area contributed by atoms with Crippen LogP contribution >= 0.6 is 0 Å². The van der Waals surface area contributed by atoms with Crippen molar-refractivity contribution in [1.29, 1.82) is 0 Å². The first-order valence-corrected chi connectivity index (χ1v) is 7.24. The van der Waals surface area contributed by atoms with Gasteiger partial charge in [-0.2, -0.15) is 0 Å². The van der Waals surface area contributed by atoms with Crippen molar-refractivity contribution >= 4 is 21.4 Å². The number of hydrogen-bond donors (Lipinski definition) is 2. The third-order valence-corrected chi connectivity index (χ3v) is 3.39. The average Bonchev–Trinajstić information content (AvgIpc) is 2.69. The molecule has 2 rings (SSSR count). The zero-order chi connectivity index (χ0) is 13.3. The van der Waals surface area contributed by atoms with Crippen molar-refractivity contribution in [3.8, 4) is 5.75 Å². The summed E-state index contributed by atoms with van der Waals surface area (Å²) in [5.41, 5.74) is 2.65. The lowest BCUT2D eigenvalue weighted by molar-refractivity contribution is 0.318. The van der Waals surface area contributed by atoms with Crippen molar-refractivity contribution in [1.82, 2.24) is 0 Å². The highest BCUT2D eigenvalue weighted by Crippen LogP contribution is 2.37. The monoisotopic (exact) mass is 270 g/mol. The molecule has 0 saturated heterocycles. The SMILES string of the molecule is COc1c(NS(C)(=O)=O)ccc2c1CCC2=NO. The third-order valence-electron chi connectivity index (χ3n) is 2.80. The predicted molar refractivity (Wildman–Crippen MR) is 68.1 cm³/mol. The van der Waals surface area contributed by atoms with Crippen LogP contribution in [0.5, 0.6) is 5.75 Å². The molecule has 0 amide bonds. The van der Waals surface area contributed by atoms with E-state index in [0.29, 0.717) is 30.0 Å². The molecule has 18 heavy (non-hydrogen) atoms. The van der Waals surface area contributed by atoms with Gasteiger partial charge in [0.05, 0.1) is 24.8 Å². The number of methoxy groups -OCH3 is 1. The van der Waals surface area contributed by atoms with E-state index in [1.54, 1.807) is 12.1 Å².